The van der Waals surface area contributed by atoms with E-state index in [0.717, 1.165) is 19.3 Å². The second kappa shape index (κ2) is 7.02. The van der Waals surface area contributed by atoms with Crippen molar-refractivity contribution in [3.63, 3.8) is 0 Å². The van der Waals surface area contributed by atoms with Crippen molar-refractivity contribution in [3.8, 4) is 0 Å². The van der Waals surface area contributed by atoms with Crippen LogP contribution in [-0.2, 0) is 4.79 Å². The quantitative estimate of drug-likeness (QED) is 0.525. The highest BCUT2D eigenvalue weighted by atomic mass is 16.6. The first-order chi connectivity index (χ1) is 10.1. The van der Waals surface area contributed by atoms with Gasteiger partial charge in [-0.25, -0.2) is 0 Å². The third kappa shape index (κ3) is 4.41. The van der Waals surface area contributed by atoms with Gasteiger partial charge < -0.3 is 5.32 Å². The lowest BCUT2D eigenvalue weighted by atomic mass is 9.86. The van der Waals surface area contributed by atoms with Crippen molar-refractivity contribution in [2.75, 3.05) is 0 Å². The van der Waals surface area contributed by atoms with Gasteiger partial charge in [-0.1, -0.05) is 31.9 Å². The molecule has 1 aliphatic carbocycles. The molecule has 0 aliphatic heterocycles. The van der Waals surface area contributed by atoms with Crippen LogP contribution in [0.15, 0.2) is 30.3 Å². The molecule has 2 rings (SSSR count). The Labute approximate surface area is 124 Å². The molecular weight excluding hydrogens is 268 g/mol. The lowest BCUT2D eigenvalue weighted by molar-refractivity contribution is -0.384. The number of non-ortho nitro benzene ring substituents is 1. The van der Waals surface area contributed by atoms with Crippen molar-refractivity contribution in [2.45, 2.75) is 38.6 Å². The molecule has 0 radical (unpaired) electrons. The van der Waals surface area contributed by atoms with Crippen LogP contribution in [0.2, 0.25) is 0 Å². The number of nitro benzene ring substituents is 1. The Morgan fingerprint density at radius 3 is 2.86 bits per heavy atom. The zero-order valence-electron chi connectivity index (χ0n) is 12.1. The second-order valence-corrected chi connectivity index (χ2v) is 5.56. The minimum Gasteiger partial charge on any atom is -0.350 e. The van der Waals surface area contributed by atoms with E-state index in [9.17, 15) is 14.9 Å². The first kappa shape index (κ1) is 15.2. The van der Waals surface area contributed by atoms with Gasteiger partial charge >= 0.3 is 0 Å². The van der Waals surface area contributed by atoms with Crippen LogP contribution in [0, 0.1) is 16.0 Å². The van der Waals surface area contributed by atoms with Gasteiger partial charge in [0.15, 0.2) is 0 Å². The number of hydrogen-bond acceptors (Lipinski definition) is 3. The highest BCUT2D eigenvalue weighted by molar-refractivity contribution is 5.92. The summed E-state index contributed by atoms with van der Waals surface area (Å²) in [6.07, 6.45) is 7.62. The molecule has 2 atom stereocenters. The second-order valence-electron chi connectivity index (χ2n) is 5.56. The number of carbonyl (C=O) groups excluding carboxylic acids is 1. The smallest absolute Gasteiger partial charge is 0.270 e. The third-order valence-electron chi connectivity index (χ3n) is 3.95. The van der Waals surface area contributed by atoms with Gasteiger partial charge in [0.2, 0.25) is 5.91 Å². The van der Waals surface area contributed by atoms with Crippen molar-refractivity contribution >= 4 is 17.7 Å². The van der Waals surface area contributed by atoms with Crippen LogP contribution in [0.5, 0.6) is 0 Å². The number of rotatable bonds is 4. The number of nitrogens with one attached hydrogen (secondary N) is 1. The largest absolute Gasteiger partial charge is 0.350 e. The minimum atomic E-state index is -0.443. The SMILES string of the molecule is C[C@@H]1CCCC[C@H]1NC(=O)/C=C/c1cccc([N+](=O)[O-])c1. The summed E-state index contributed by atoms with van der Waals surface area (Å²) >= 11 is 0. The van der Waals surface area contributed by atoms with E-state index in [0.29, 0.717) is 11.5 Å². The van der Waals surface area contributed by atoms with E-state index in [4.69, 9.17) is 0 Å². The Morgan fingerprint density at radius 1 is 1.38 bits per heavy atom. The Hall–Kier alpha value is -2.17. The number of hydrogen-bond donors (Lipinski definition) is 1. The molecule has 1 N–H and O–H groups in total. The molecule has 1 aromatic rings. The predicted octanol–water partition coefficient (Wildman–Crippen LogP) is 3.30. The maximum atomic E-state index is 11.9. The van der Waals surface area contributed by atoms with E-state index in [1.54, 1.807) is 18.2 Å². The van der Waals surface area contributed by atoms with Crippen LogP contribution in [0.3, 0.4) is 0 Å². The van der Waals surface area contributed by atoms with E-state index in [1.165, 1.54) is 24.6 Å². The molecular formula is C16H20N2O3. The van der Waals surface area contributed by atoms with Gasteiger partial charge in [0.05, 0.1) is 4.92 Å². The molecule has 0 heterocycles. The topological polar surface area (TPSA) is 72.2 Å². The maximum Gasteiger partial charge on any atom is 0.270 e. The summed E-state index contributed by atoms with van der Waals surface area (Å²) in [6.45, 7) is 2.16. The average molecular weight is 288 g/mol. The van der Waals surface area contributed by atoms with Crippen LogP contribution < -0.4 is 5.32 Å². The molecule has 0 aromatic heterocycles. The van der Waals surface area contributed by atoms with Gasteiger partial charge in [0, 0.05) is 24.3 Å². The summed E-state index contributed by atoms with van der Waals surface area (Å²) in [5.41, 5.74) is 0.675. The monoisotopic (exact) mass is 288 g/mol. The molecule has 1 fully saturated rings. The van der Waals surface area contributed by atoms with Crippen molar-refractivity contribution in [1.82, 2.24) is 5.32 Å². The Balaban J connectivity index is 1.95. The molecule has 21 heavy (non-hydrogen) atoms. The molecule has 112 valence electrons. The molecule has 1 aromatic carbocycles. The predicted molar refractivity (Wildman–Crippen MR) is 81.7 cm³/mol. The van der Waals surface area contributed by atoms with E-state index >= 15 is 0 Å². The van der Waals surface area contributed by atoms with Gasteiger partial charge in [0.25, 0.3) is 5.69 Å². The normalized spacial score (nSPS) is 22.1. The highest BCUT2D eigenvalue weighted by Crippen LogP contribution is 2.23. The molecule has 1 amide bonds. The molecule has 1 saturated carbocycles. The van der Waals surface area contributed by atoms with Crippen LogP contribution in [-0.4, -0.2) is 16.9 Å². The van der Waals surface area contributed by atoms with Crippen molar-refractivity contribution in [2.24, 2.45) is 5.92 Å². The zero-order valence-corrected chi connectivity index (χ0v) is 12.1. The summed E-state index contributed by atoms with van der Waals surface area (Å²) in [5.74, 6) is 0.370. The Bertz CT molecular complexity index is 554. The number of carbonyl (C=O) groups is 1. The van der Waals surface area contributed by atoms with E-state index in [1.807, 2.05) is 0 Å². The van der Waals surface area contributed by atoms with Crippen molar-refractivity contribution in [3.05, 3.63) is 46.0 Å². The van der Waals surface area contributed by atoms with Crippen LogP contribution in [0.1, 0.15) is 38.2 Å². The number of benzene rings is 1. The molecule has 0 bridgehead atoms. The van der Waals surface area contributed by atoms with Gasteiger partial charge in [0.1, 0.15) is 0 Å². The fourth-order valence-corrected chi connectivity index (χ4v) is 2.68. The standard InChI is InChI=1S/C16H20N2O3/c1-12-5-2-3-8-15(12)17-16(19)10-9-13-6-4-7-14(11-13)18(20)21/h4,6-7,9-12,15H,2-3,5,8H2,1H3,(H,17,19)/b10-9+/t12-,15-/m1/s1. The summed E-state index contributed by atoms with van der Waals surface area (Å²) in [7, 11) is 0. The lowest BCUT2D eigenvalue weighted by Gasteiger charge is -2.29. The molecule has 0 saturated heterocycles. The fourth-order valence-electron chi connectivity index (χ4n) is 2.68. The molecule has 1 aliphatic rings. The van der Waals surface area contributed by atoms with Crippen molar-refractivity contribution in [1.29, 1.82) is 0 Å². The number of nitrogens with zero attached hydrogens (tertiary/aromatic N) is 1. The first-order valence-electron chi connectivity index (χ1n) is 7.29. The minimum absolute atomic E-state index is 0.0264. The first-order valence-corrected chi connectivity index (χ1v) is 7.29. The van der Waals surface area contributed by atoms with E-state index in [-0.39, 0.29) is 17.6 Å². The van der Waals surface area contributed by atoms with Crippen LogP contribution in [0.25, 0.3) is 6.08 Å². The average Bonchev–Trinajstić information content (AvgIpc) is 2.48. The third-order valence-corrected chi connectivity index (χ3v) is 3.95. The van der Waals surface area contributed by atoms with E-state index < -0.39 is 4.92 Å². The summed E-state index contributed by atoms with van der Waals surface area (Å²) in [6, 6.07) is 6.47. The maximum absolute atomic E-state index is 11.9. The zero-order chi connectivity index (χ0) is 15.2. The lowest BCUT2D eigenvalue weighted by Crippen LogP contribution is -2.40. The summed E-state index contributed by atoms with van der Waals surface area (Å²) < 4.78 is 0. The van der Waals surface area contributed by atoms with E-state index in [2.05, 4.69) is 12.2 Å². The summed E-state index contributed by atoms with van der Waals surface area (Å²) in [5, 5.41) is 13.7. The van der Waals surface area contributed by atoms with Gasteiger partial charge in [-0.3, -0.25) is 14.9 Å². The van der Waals surface area contributed by atoms with Crippen molar-refractivity contribution < 1.29 is 9.72 Å². The fraction of sp³-hybridized carbons (Fsp3) is 0.438. The molecule has 5 nitrogen and oxygen atoms in total. The molecule has 0 spiro atoms. The van der Waals surface area contributed by atoms with Gasteiger partial charge in [-0.2, -0.15) is 0 Å². The molecule has 5 heteroatoms. The number of amides is 1. The van der Waals surface area contributed by atoms with Gasteiger partial charge in [-0.05, 0) is 30.4 Å². The Kier molecular flexibility index (Phi) is 5.09. The molecule has 0 unspecified atom stereocenters. The Morgan fingerprint density at radius 2 is 2.14 bits per heavy atom. The van der Waals surface area contributed by atoms with Crippen LogP contribution >= 0.6 is 0 Å². The van der Waals surface area contributed by atoms with Gasteiger partial charge in [-0.15, -0.1) is 0 Å². The highest BCUT2D eigenvalue weighted by Gasteiger charge is 2.21. The van der Waals surface area contributed by atoms with Crippen LogP contribution in [0.4, 0.5) is 5.69 Å². The summed E-state index contributed by atoms with van der Waals surface area (Å²) in [4.78, 5) is 22.2. The number of nitro groups is 1.